The van der Waals surface area contributed by atoms with Crippen LogP contribution in [-0.4, -0.2) is 25.2 Å². The van der Waals surface area contributed by atoms with Gasteiger partial charge in [0.25, 0.3) is 0 Å². The normalized spacial score (nSPS) is 9.90. The highest BCUT2D eigenvalue weighted by molar-refractivity contribution is 6.00. The maximum atomic E-state index is 11.9. The molecule has 0 saturated carbocycles. The molecule has 0 spiro atoms. The van der Waals surface area contributed by atoms with Gasteiger partial charge in [-0.3, -0.25) is 0 Å². The second-order valence-corrected chi connectivity index (χ2v) is 4.54. The van der Waals surface area contributed by atoms with Crippen molar-refractivity contribution in [2.75, 3.05) is 29.6 Å². The number of hydrogen-bond acceptors (Lipinski definition) is 3. The summed E-state index contributed by atoms with van der Waals surface area (Å²) in [4.78, 5) is 13.8. The van der Waals surface area contributed by atoms with Gasteiger partial charge in [0, 0.05) is 25.5 Å². The lowest BCUT2D eigenvalue weighted by Gasteiger charge is -2.14. The highest BCUT2D eigenvalue weighted by atomic mass is 16.3. The number of carbonyl (C=O) groups excluding carboxylic acids is 1. The molecule has 2 aromatic rings. The largest absolute Gasteiger partial charge is 0.506 e. The monoisotopic (exact) mass is 271 g/mol. The molecule has 2 aromatic carbocycles. The third-order valence-electron chi connectivity index (χ3n) is 2.77. The average Bonchev–Trinajstić information content (AvgIpc) is 2.41. The van der Waals surface area contributed by atoms with Gasteiger partial charge in [-0.2, -0.15) is 0 Å². The van der Waals surface area contributed by atoms with Gasteiger partial charge in [-0.25, -0.2) is 4.79 Å². The van der Waals surface area contributed by atoms with E-state index in [0.29, 0.717) is 11.4 Å². The second kappa shape index (κ2) is 5.97. The fourth-order valence-corrected chi connectivity index (χ4v) is 1.73. The van der Waals surface area contributed by atoms with E-state index >= 15 is 0 Å². The molecule has 2 amide bonds. The Morgan fingerprint density at radius 2 is 1.80 bits per heavy atom. The highest BCUT2D eigenvalue weighted by Crippen LogP contribution is 2.22. The van der Waals surface area contributed by atoms with E-state index in [1.54, 1.807) is 24.3 Å². The number of nitrogens with zero attached hydrogens (tertiary/aromatic N) is 1. The fraction of sp³-hybridized carbons (Fsp3) is 0.133. The predicted molar refractivity (Wildman–Crippen MR) is 81.5 cm³/mol. The SMILES string of the molecule is CN(C)c1cccc(NC(=O)Nc2ccccc2O)c1. The van der Waals surface area contributed by atoms with Gasteiger partial charge < -0.3 is 20.6 Å². The minimum atomic E-state index is -0.401. The summed E-state index contributed by atoms with van der Waals surface area (Å²) in [6.45, 7) is 0. The molecule has 0 aliphatic heterocycles. The van der Waals surface area contributed by atoms with Gasteiger partial charge in [0.2, 0.25) is 0 Å². The van der Waals surface area contributed by atoms with Crippen molar-refractivity contribution in [3.05, 3.63) is 48.5 Å². The number of rotatable bonds is 3. The minimum Gasteiger partial charge on any atom is -0.506 e. The van der Waals surface area contributed by atoms with Crippen molar-refractivity contribution in [2.24, 2.45) is 0 Å². The molecule has 0 bridgehead atoms. The third kappa shape index (κ3) is 3.41. The molecule has 0 aliphatic carbocycles. The van der Waals surface area contributed by atoms with Crippen molar-refractivity contribution < 1.29 is 9.90 Å². The molecule has 2 rings (SSSR count). The van der Waals surface area contributed by atoms with E-state index in [2.05, 4.69) is 10.6 Å². The number of urea groups is 1. The lowest BCUT2D eigenvalue weighted by Crippen LogP contribution is -2.19. The first-order valence-corrected chi connectivity index (χ1v) is 6.19. The van der Waals surface area contributed by atoms with Crippen molar-refractivity contribution >= 4 is 23.1 Å². The van der Waals surface area contributed by atoms with Crippen molar-refractivity contribution in [1.82, 2.24) is 0 Å². The molecule has 104 valence electrons. The third-order valence-corrected chi connectivity index (χ3v) is 2.77. The number of carbonyl (C=O) groups is 1. The molecular formula is C15H17N3O2. The molecule has 3 N–H and O–H groups in total. The van der Waals surface area contributed by atoms with E-state index in [-0.39, 0.29) is 5.75 Å². The summed E-state index contributed by atoms with van der Waals surface area (Å²) in [5.74, 6) is 0.0321. The molecule has 0 fully saturated rings. The Kier molecular flexibility index (Phi) is 4.10. The summed E-state index contributed by atoms with van der Waals surface area (Å²) in [6, 6.07) is 13.7. The number of amides is 2. The molecule has 0 aromatic heterocycles. The molecular weight excluding hydrogens is 254 g/mol. The average molecular weight is 271 g/mol. The van der Waals surface area contributed by atoms with Crippen molar-refractivity contribution in [3.63, 3.8) is 0 Å². The van der Waals surface area contributed by atoms with Crippen molar-refractivity contribution in [2.45, 2.75) is 0 Å². The van der Waals surface area contributed by atoms with Gasteiger partial charge in [0.05, 0.1) is 5.69 Å². The predicted octanol–water partition coefficient (Wildman–Crippen LogP) is 3.10. The smallest absolute Gasteiger partial charge is 0.323 e. The van der Waals surface area contributed by atoms with Crippen LogP contribution in [0.1, 0.15) is 0 Å². The summed E-state index contributed by atoms with van der Waals surface area (Å²) < 4.78 is 0. The summed E-state index contributed by atoms with van der Waals surface area (Å²) in [5, 5.41) is 14.9. The Balaban J connectivity index is 2.05. The van der Waals surface area contributed by atoms with Gasteiger partial charge in [-0.15, -0.1) is 0 Å². The van der Waals surface area contributed by atoms with Crippen LogP contribution < -0.4 is 15.5 Å². The number of hydrogen-bond donors (Lipinski definition) is 3. The number of phenolic OH excluding ortho intramolecular Hbond substituents is 1. The Morgan fingerprint density at radius 1 is 1.05 bits per heavy atom. The maximum Gasteiger partial charge on any atom is 0.323 e. The zero-order valence-corrected chi connectivity index (χ0v) is 11.4. The molecule has 0 heterocycles. The van der Waals surface area contributed by atoms with Crippen LogP contribution in [-0.2, 0) is 0 Å². The Bertz CT molecular complexity index is 612. The number of aromatic hydroxyl groups is 1. The Labute approximate surface area is 117 Å². The van der Waals surface area contributed by atoms with Crippen LogP contribution in [0.3, 0.4) is 0 Å². The Morgan fingerprint density at radius 3 is 2.50 bits per heavy atom. The van der Waals surface area contributed by atoms with E-state index in [1.165, 1.54) is 6.07 Å². The van der Waals surface area contributed by atoms with Crippen molar-refractivity contribution in [3.8, 4) is 5.75 Å². The summed E-state index contributed by atoms with van der Waals surface area (Å²) >= 11 is 0. The second-order valence-electron chi connectivity index (χ2n) is 4.54. The van der Waals surface area contributed by atoms with Gasteiger partial charge in [0.1, 0.15) is 5.75 Å². The highest BCUT2D eigenvalue weighted by Gasteiger charge is 2.06. The number of anilines is 3. The van der Waals surface area contributed by atoms with Crippen LogP contribution in [0, 0.1) is 0 Å². The molecule has 0 radical (unpaired) electrons. The van der Waals surface area contributed by atoms with Crippen LogP contribution in [0.15, 0.2) is 48.5 Å². The molecule has 0 saturated heterocycles. The standard InChI is InChI=1S/C15H17N3O2/c1-18(2)12-7-5-6-11(10-12)16-15(20)17-13-8-3-4-9-14(13)19/h3-10,19H,1-2H3,(H2,16,17,20). The quantitative estimate of drug-likeness (QED) is 0.752. The molecule has 0 unspecified atom stereocenters. The van der Waals surface area contributed by atoms with Crippen LogP contribution >= 0.6 is 0 Å². The molecule has 5 heteroatoms. The van der Waals surface area contributed by atoms with Crippen LogP contribution in [0.4, 0.5) is 21.9 Å². The zero-order chi connectivity index (χ0) is 14.5. The summed E-state index contributed by atoms with van der Waals surface area (Å²) in [5.41, 5.74) is 2.04. The lowest BCUT2D eigenvalue weighted by molar-refractivity contribution is 0.262. The minimum absolute atomic E-state index is 0.0321. The Hall–Kier alpha value is -2.69. The molecule has 0 atom stereocenters. The van der Waals surface area contributed by atoms with Crippen molar-refractivity contribution in [1.29, 1.82) is 0 Å². The number of phenols is 1. The topological polar surface area (TPSA) is 64.6 Å². The summed E-state index contributed by atoms with van der Waals surface area (Å²) in [6.07, 6.45) is 0. The van der Waals surface area contributed by atoms with E-state index in [9.17, 15) is 9.90 Å². The molecule has 0 aliphatic rings. The van der Waals surface area contributed by atoms with Gasteiger partial charge in [-0.05, 0) is 30.3 Å². The first-order valence-electron chi connectivity index (χ1n) is 6.19. The van der Waals surface area contributed by atoms with E-state index in [0.717, 1.165) is 5.69 Å². The first-order chi connectivity index (χ1) is 9.56. The van der Waals surface area contributed by atoms with Crippen LogP contribution in [0.5, 0.6) is 5.75 Å². The first kappa shape index (κ1) is 13.7. The van der Waals surface area contributed by atoms with Gasteiger partial charge >= 0.3 is 6.03 Å². The van der Waals surface area contributed by atoms with Gasteiger partial charge in [-0.1, -0.05) is 18.2 Å². The maximum absolute atomic E-state index is 11.9. The van der Waals surface area contributed by atoms with E-state index < -0.39 is 6.03 Å². The van der Waals surface area contributed by atoms with E-state index in [4.69, 9.17) is 0 Å². The lowest BCUT2D eigenvalue weighted by atomic mass is 10.2. The molecule has 5 nitrogen and oxygen atoms in total. The fourth-order valence-electron chi connectivity index (χ4n) is 1.73. The van der Waals surface area contributed by atoms with Gasteiger partial charge in [0.15, 0.2) is 0 Å². The van der Waals surface area contributed by atoms with E-state index in [1.807, 2.05) is 37.2 Å². The number of nitrogens with one attached hydrogen (secondary N) is 2. The molecule has 20 heavy (non-hydrogen) atoms. The van der Waals surface area contributed by atoms with Crippen LogP contribution in [0.25, 0.3) is 0 Å². The number of para-hydroxylation sites is 2. The zero-order valence-electron chi connectivity index (χ0n) is 11.4. The van der Waals surface area contributed by atoms with Crippen LogP contribution in [0.2, 0.25) is 0 Å². The summed E-state index contributed by atoms with van der Waals surface area (Å²) in [7, 11) is 3.86. The number of benzene rings is 2.